The standard InChI is InChI=1S/C22H21NO5/c1-3-28-22(27)20(26)11-19(25)16-13-23(12-15-9-7-14(2)8-10-15)17-5-4-6-18(24)21(16)17/h4-11,13,24-25H,3,12H2,1-2H3/b19-11-. The molecule has 0 aliphatic rings. The molecule has 3 aromatic rings. The Hall–Kier alpha value is -3.54. The van der Waals surface area contributed by atoms with Crippen molar-refractivity contribution in [1.29, 1.82) is 0 Å². The molecule has 0 aliphatic carbocycles. The van der Waals surface area contributed by atoms with E-state index in [1.54, 1.807) is 19.2 Å². The lowest BCUT2D eigenvalue weighted by atomic mass is 10.1. The van der Waals surface area contributed by atoms with Crippen molar-refractivity contribution in [2.45, 2.75) is 20.4 Å². The normalized spacial score (nSPS) is 11.6. The van der Waals surface area contributed by atoms with Gasteiger partial charge in [-0.15, -0.1) is 0 Å². The largest absolute Gasteiger partial charge is 0.507 e. The lowest BCUT2D eigenvalue weighted by Crippen LogP contribution is -2.15. The highest BCUT2D eigenvalue weighted by Gasteiger charge is 2.19. The van der Waals surface area contributed by atoms with Gasteiger partial charge in [0.1, 0.15) is 11.5 Å². The fourth-order valence-corrected chi connectivity index (χ4v) is 3.01. The van der Waals surface area contributed by atoms with Crippen molar-refractivity contribution in [3.8, 4) is 5.75 Å². The van der Waals surface area contributed by atoms with Gasteiger partial charge in [-0.05, 0) is 31.5 Å². The topological polar surface area (TPSA) is 88.8 Å². The number of hydrogen-bond acceptors (Lipinski definition) is 5. The van der Waals surface area contributed by atoms with Crippen LogP contribution >= 0.6 is 0 Å². The molecule has 28 heavy (non-hydrogen) atoms. The first-order valence-electron chi connectivity index (χ1n) is 8.89. The van der Waals surface area contributed by atoms with Crippen molar-refractivity contribution in [1.82, 2.24) is 4.57 Å². The average molecular weight is 379 g/mol. The van der Waals surface area contributed by atoms with Gasteiger partial charge in [-0.25, -0.2) is 4.79 Å². The Morgan fingerprint density at radius 3 is 2.54 bits per heavy atom. The number of aryl methyl sites for hydroxylation is 1. The number of carbonyl (C=O) groups excluding carboxylic acids is 2. The summed E-state index contributed by atoms with van der Waals surface area (Å²) in [4.78, 5) is 23.4. The molecular formula is C22H21NO5. The zero-order valence-electron chi connectivity index (χ0n) is 15.7. The number of rotatable bonds is 6. The Morgan fingerprint density at radius 2 is 1.86 bits per heavy atom. The van der Waals surface area contributed by atoms with Gasteiger partial charge in [0, 0.05) is 24.4 Å². The second kappa shape index (κ2) is 8.00. The SMILES string of the molecule is CCOC(=O)C(=O)/C=C(\O)c1cn(Cc2ccc(C)cc2)c2cccc(O)c12. The maximum Gasteiger partial charge on any atom is 0.379 e. The predicted molar refractivity (Wildman–Crippen MR) is 106 cm³/mol. The molecule has 0 saturated carbocycles. The van der Waals surface area contributed by atoms with Crippen molar-refractivity contribution < 1.29 is 24.5 Å². The van der Waals surface area contributed by atoms with Crippen LogP contribution in [0.2, 0.25) is 0 Å². The molecule has 2 N–H and O–H groups in total. The Labute approximate surface area is 162 Å². The van der Waals surface area contributed by atoms with E-state index in [2.05, 4.69) is 4.74 Å². The van der Waals surface area contributed by atoms with Crippen molar-refractivity contribution in [3.63, 3.8) is 0 Å². The van der Waals surface area contributed by atoms with Gasteiger partial charge in [-0.3, -0.25) is 4.79 Å². The van der Waals surface area contributed by atoms with Gasteiger partial charge in [0.2, 0.25) is 0 Å². The van der Waals surface area contributed by atoms with E-state index in [0.717, 1.165) is 17.2 Å². The van der Waals surface area contributed by atoms with Gasteiger partial charge in [0.15, 0.2) is 0 Å². The fraction of sp³-hybridized carbons (Fsp3) is 0.182. The number of aromatic hydroxyl groups is 1. The van der Waals surface area contributed by atoms with Gasteiger partial charge in [0.25, 0.3) is 5.78 Å². The number of hydrogen-bond donors (Lipinski definition) is 2. The average Bonchev–Trinajstić information content (AvgIpc) is 3.04. The number of aliphatic hydroxyl groups is 1. The van der Waals surface area contributed by atoms with Crippen molar-refractivity contribution >= 4 is 28.4 Å². The van der Waals surface area contributed by atoms with Crippen LogP contribution in [0.4, 0.5) is 0 Å². The molecular weight excluding hydrogens is 358 g/mol. The third-order valence-corrected chi connectivity index (χ3v) is 4.38. The molecule has 0 amide bonds. The van der Waals surface area contributed by atoms with Crippen LogP contribution in [0.1, 0.15) is 23.6 Å². The molecule has 0 unspecified atom stereocenters. The van der Waals surface area contributed by atoms with Crippen LogP contribution in [0.5, 0.6) is 5.75 Å². The molecule has 1 heterocycles. The number of benzene rings is 2. The van der Waals surface area contributed by atoms with Crippen molar-refractivity contribution in [3.05, 3.63) is 71.4 Å². The molecule has 0 spiro atoms. The predicted octanol–water partition coefficient (Wildman–Crippen LogP) is 3.73. The Balaban J connectivity index is 2.04. The smallest absolute Gasteiger partial charge is 0.379 e. The number of ether oxygens (including phenoxy) is 1. The third-order valence-electron chi connectivity index (χ3n) is 4.38. The van der Waals surface area contributed by atoms with Crippen LogP contribution in [0.15, 0.2) is 54.7 Å². The zero-order valence-corrected chi connectivity index (χ0v) is 15.7. The summed E-state index contributed by atoms with van der Waals surface area (Å²) in [5.74, 6) is -2.44. The monoisotopic (exact) mass is 379 g/mol. The minimum Gasteiger partial charge on any atom is -0.507 e. The first-order chi connectivity index (χ1) is 13.4. The second-order valence-electron chi connectivity index (χ2n) is 6.44. The van der Waals surface area contributed by atoms with Crippen LogP contribution < -0.4 is 0 Å². The summed E-state index contributed by atoms with van der Waals surface area (Å²) < 4.78 is 6.52. The summed E-state index contributed by atoms with van der Waals surface area (Å²) in [6, 6.07) is 13.0. The van der Waals surface area contributed by atoms with Crippen LogP contribution in [-0.4, -0.2) is 33.1 Å². The Bertz CT molecular complexity index is 1060. The fourth-order valence-electron chi connectivity index (χ4n) is 3.01. The minimum absolute atomic E-state index is 0.0290. The molecule has 0 bridgehead atoms. The molecule has 6 heteroatoms. The third kappa shape index (κ3) is 3.91. The molecule has 144 valence electrons. The van der Waals surface area contributed by atoms with E-state index < -0.39 is 17.5 Å². The number of nitrogens with zero attached hydrogens (tertiary/aromatic N) is 1. The number of aromatic nitrogens is 1. The summed E-state index contributed by atoms with van der Waals surface area (Å²) in [7, 11) is 0. The summed E-state index contributed by atoms with van der Waals surface area (Å²) in [5.41, 5.74) is 3.15. The summed E-state index contributed by atoms with van der Waals surface area (Å²) in [6.07, 6.45) is 2.46. The minimum atomic E-state index is -1.04. The summed E-state index contributed by atoms with van der Waals surface area (Å²) in [5, 5.41) is 21.2. The van der Waals surface area contributed by atoms with Gasteiger partial charge < -0.3 is 19.5 Å². The molecule has 0 aliphatic heterocycles. The highest BCUT2D eigenvalue weighted by atomic mass is 16.5. The molecule has 0 radical (unpaired) electrons. The van der Waals surface area contributed by atoms with Crippen LogP contribution in [0, 0.1) is 6.92 Å². The number of fused-ring (bicyclic) bond motifs is 1. The van der Waals surface area contributed by atoms with Crippen molar-refractivity contribution in [2.75, 3.05) is 6.61 Å². The van der Waals surface area contributed by atoms with E-state index in [1.807, 2.05) is 41.8 Å². The van der Waals surface area contributed by atoms with Crippen LogP contribution in [-0.2, 0) is 20.9 Å². The molecule has 0 atom stereocenters. The molecule has 1 aromatic heterocycles. The van der Waals surface area contributed by atoms with Crippen LogP contribution in [0.3, 0.4) is 0 Å². The van der Waals surface area contributed by atoms with Crippen molar-refractivity contribution in [2.24, 2.45) is 0 Å². The lowest BCUT2D eigenvalue weighted by molar-refractivity contribution is -0.151. The lowest BCUT2D eigenvalue weighted by Gasteiger charge is -2.06. The van der Waals surface area contributed by atoms with E-state index in [-0.39, 0.29) is 17.9 Å². The number of aliphatic hydroxyl groups excluding tert-OH is 1. The Kier molecular flexibility index (Phi) is 5.49. The van der Waals surface area contributed by atoms with E-state index in [1.165, 1.54) is 6.07 Å². The quantitative estimate of drug-likeness (QED) is 0.295. The van der Waals surface area contributed by atoms with Gasteiger partial charge >= 0.3 is 5.97 Å². The van der Waals surface area contributed by atoms with Crippen LogP contribution in [0.25, 0.3) is 16.7 Å². The summed E-state index contributed by atoms with van der Waals surface area (Å²) >= 11 is 0. The van der Waals surface area contributed by atoms with Gasteiger partial charge in [-0.1, -0.05) is 35.9 Å². The highest BCUT2D eigenvalue weighted by molar-refractivity contribution is 6.39. The van der Waals surface area contributed by atoms with E-state index in [0.29, 0.717) is 17.4 Å². The zero-order chi connectivity index (χ0) is 20.3. The molecule has 2 aromatic carbocycles. The highest BCUT2D eigenvalue weighted by Crippen LogP contribution is 2.33. The number of phenolic OH excluding ortho intramolecular Hbond substituents is 1. The maximum absolute atomic E-state index is 11.9. The number of ketones is 1. The van der Waals surface area contributed by atoms with E-state index in [4.69, 9.17) is 0 Å². The summed E-state index contributed by atoms with van der Waals surface area (Å²) in [6.45, 7) is 4.18. The first kappa shape index (κ1) is 19.2. The second-order valence-corrected chi connectivity index (χ2v) is 6.44. The number of carbonyl (C=O) groups is 2. The number of phenols is 1. The first-order valence-corrected chi connectivity index (χ1v) is 8.89. The maximum atomic E-state index is 11.9. The van der Waals surface area contributed by atoms with Gasteiger partial charge in [-0.2, -0.15) is 0 Å². The molecule has 0 saturated heterocycles. The van der Waals surface area contributed by atoms with Gasteiger partial charge in [0.05, 0.1) is 17.5 Å². The molecule has 6 nitrogen and oxygen atoms in total. The Morgan fingerprint density at radius 1 is 1.14 bits per heavy atom. The molecule has 3 rings (SSSR count). The van der Waals surface area contributed by atoms with E-state index in [9.17, 15) is 19.8 Å². The number of esters is 1. The van der Waals surface area contributed by atoms with E-state index >= 15 is 0 Å². The molecule has 0 fully saturated rings.